The van der Waals surface area contributed by atoms with Gasteiger partial charge in [0.1, 0.15) is 11.6 Å². The van der Waals surface area contributed by atoms with Crippen molar-refractivity contribution in [3.05, 3.63) is 47.5 Å². The molecule has 94 valence electrons. The van der Waals surface area contributed by atoms with Crippen molar-refractivity contribution in [2.75, 3.05) is 6.54 Å². The standard InChI is InChI=1S/C14H19F2N/c1-4-6-7-14(17-5-2)11-8-10(3)12(15)9-13(11)16/h4,8-9,14,17H,1,5-7H2,2-3H3. The molecule has 17 heavy (non-hydrogen) atoms. The van der Waals surface area contributed by atoms with E-state index in [-0.39, 0.29) is 6.04 Å². The molecule has 0 saturated carbocycles. The maximum absolute atomic E-state index is 13.7. The Balaban J connectivity index is 2.99. The maximum atomic E-state index is 13.7. The molecule has 1 N–H and O–H groups in total. The van der Waals surface area contributed by atoms with Gasteiger partial charge in [-0.05, 0) is 37.9 Å². The largest absolute Gasteiger partial charge is 0.310 e. The van der Waals surface area contributed by atoms with Gasteiger partial charge in [-0.2, -0.15) is 0 Å². The Hall–Kier alpha value is -1.22. The molecular weight excluding hydrogens is 220 g/mol. The molecule has 1 atom stereocenters. The Morgan fingerprint density at radius 1 is 1.35 bits per heavy atom. The second kappa shape index (κ2) is 6.50. The van der Waals surface area contributed by atoms with Gasteiger partial charge in [0.15, 0.2) is 0 Å². The van der Waals surface area contributed by atoms with Gasteiger partial charge in [-0.15, -0.1) is 6.58 Å². The number of allylic oxidation sites excluding steroid dienone is 1. The summed E-state index contributed by atoms with van der Waals surface area (Å²) in [5, 5.41) is 3.21. The highest BCUT2D eigenvalue weighted by atomic mass is 19.1. The van der Waals surface area contributed by atoms with Crippen molar-refractivity contribution < 1.29 is 8.78 Å². The fourth-order valence-corrected chi connectivity index (χ4v) is 1.85. The fraction of sp³-hybridized carbons (Fsp3) is 0.429. The topological polar surface area (TPSA) is 12.0 Å². The van der Waals surface area contributed by atoms with E-state index < -0.39 is 11.6 Å². The summed E-state index contributed by atoms with van der Waals surface area (Å²) in [5.41, 5.74) is 1.01. The SMILES string of the molecule is C=CCCC(NCC)c1cc(C)c(F)cc1F. The van der Waals surface area contributed by atoms with Crippen molar-refractivity contribution >= 4 is 0 Å². The summed E-state index contributed by atoms with van der Waals surface area (Å²) in [5.74, 6) is -0.978. The van der Waals surface area contributed by atoms with Gasteiger partial charge in [-0.3, -0.25) is 0 Å². The first kappa shape index (κ1) is 13.8. The number of benzene rings is 1. The van der Waals surface area contributed by atoms with E-state index in [1.807, 2.05) is 6.92 Å². The lowest BCUT2D eigenvalue weighted by Crippen LogP contribution is -2.22. The van der Waals surface area contributed by atoms with Gasteiger partial charge in [-0.1, -0.05) is 13.0 Å². The molecule has 1 aromatic carbocycles. The smallest absolute Gasteiger partial charge is 0.130 e. The van der Waals surface area contributed by atoms with Crippen LogP contribution in [0.25, 0.3) is 0 Å². The summed E-state index contributed by atoms with van der Waals surface area (Å²) in [6, 6.07) is 2.46. The number of nitrogens with one attached hydrogen (secondary N) is 1. The van der Waals surface area contributed by atoms with E-state index in [1.165, 1.54) is 0 Å². The molecule has 3 heteroatoms. The third-order valence-corrected chi connectivity index (χ3v) is 2.76. The molecule has 0 aliphatic heterocycles. The summed E-state index contributed by atoms with van der Waals surface area (Å²) in [4.78, 5) is 0. The number of hydrogen-bond donors (Lipinski definition) is 1. The highest BCUT2D eigenvalue weighted by Crippen LogP contribution is 2.24. The summed E-state index contributed by atoms with van der Waals surface area (Å²) in [6.45, 7) is 8.02. The third kappa shape index (κ3) is 3.63. The molecule has 0 heterocycles. The number of rotatable bonds is 6. The van der Waals surface area contributed by atoms with Crippen molar-refractivity contribution in [1.29, 1.82) is 0 Å². The van der Waals surface area contributed by atoms with E-state index in [0.717, 1.165) is 25.5 Å². The quantitative estimate of drug-likeness (QED) is 0.743. The van der Waals surface area contributed by atoms with Crippen LogP contribution in [0, 0.1) is 18.6 Å². The predicted octanol–water partition coefficient (Wildman–Crippen LogP) is 3.89. The van der Waals surface area contributed by atoms with Gasteiger partial charge in [0.2, 0.25) is 0 Å². The van der Waals surface area contributed by atoms with Crippen molar-refractivity contribution in [3.63, 3.8) is 0 Å². The van der Waals surface area contributed by atoms with Gasteiger partial charge in [0.05, 0.1) is 0 Å². The van der Waals surface area contributed by atoms with Gasteiger partial charge in [0.25, 0.3) is 0 Å². The Kier molecular flexibility index (Phi) is 5.29. The lowest BCUT2D eigenvalue weighted by molar-refractivity contribution is 0.482. The van der Waals surface area contributed by atoms with Gasteiger partial charge < -0.3 is 5.32 Å². The van der Waals surface area contributed by atoms with E-state index >= 15 is 0 Å². The van der Waals surface area contributed by atoms with Crippen molar-refractivity contribution in [2.24, 2.45) is 0 Å². The van der Waals surface area contributed by atoms with Crippen molar-refractivity contribution in [2.45, 2.75) is 32.7 Å². The van der Waals surface area contributed by atoms with Crippen LogP contribution in [-0.4, -0.2) is 6.54 Å². The van der Waals surface area contributed by atoms with Gasteiger partial charge in [0, 0.05) is 17.7 Å². The minimum atomic E-state index is -0.495. The summed E-state index contributed by atoms with van der Waals surface area (Å²) < 4.78 is 26.9. The van der Waals surface area contributed by atoms with Crippen LogP contribution in [0.2, 0.25) is 0 Å². The van der Waals surface area contributed by atoms with Crippen LogP contribution in [0.1, 0.15) is 36.9 Å². The highest BCUT2D eigenvalue weighted by molar-refractivity contribution is 5.28. The Morgan fingerprint density at radius 3 is 2.65 bits per heavy atom. The average Bonchev–Trinajstić information content (AvgIpc) is 2.29. The first-order chi connectivity index (χ1) is 8.10. The van der Waals surface area contributed by atoms with E-state index in [1.54, 1.807) is 19.1 Å². The fourth-order valence-electron chi connectivity index (χ4n) is 1.85. The molecule has 0 aromatic heterocycles. The van der Waals surface area contributed by atoms with Crippen LogP contribution < -0.4 is 5.32 Å². The molecule has 0 saturated heterocycles. The second-order valence-corrected chi connectivity index (χ2v) is 4.10. The van der Waals surface area contributed by atoms with E-state index in [9.17, 15) is 8.78 Å². The van der Waals surface area contributed by atoms with Crippen LogP contribution in [0.15, 0.2) is 24.8 Å². The zero-order valence-corrected chi connectivity index (χ0v) is 10.4. The molecule has 0 aliphatic rings. The predicted molar refractivity (Wildman–Crippen MR) is 66.9 cm³/mol. The van der Waals surface area contributed by atoms with Crippen molar-refractivity contribution in [3.8, 4) is 0 Å². The first-order valence-corrected chi connectivity index (χ1v) is 5.90. The number of hydrogen-bond acceptors (Lipinski definition) is 1. The molecular formula is C14H19F2N. The second-order valence-electron chi connectivity index (χ2n) is 4.10. The monoisotopic (exact) mass is 239 g/mol. The molecule has 1 unspecified atom stereocenters. The molecule has 0 spiro atoms. The number of aryl methyl sites for hydroxylation is 1. The third-order valence-electron chi connectivity index (χ3n) is 2.76. The average molecular weight is 239 g/mol. The molecule has 1 aromatic rings. The van der Waals surface area contributed by atoms with Gasteiger partial charge >= 0.3 is 0 Å². The molecule has 0 radical (unpaired) electrons. The van der Waals surface area contributed by atoms with Crippen molar-refractivity contribution in [1.82, 2.24) is 5.32 Å². The number of halogens is 2. The first-order valence-electron chi connectivity index (χ1n) is 5.90. The zero-order chi connectivity index (χ0) is 12.8. The molecule has 0 aliphatic carbocycles. The van der Waals surface area contributed by atoms with Crippen LogP contribution in [0.5, 0.6) is 0 Å². The zero-order valence-electron chi connectivity index (χ0n) is 10.4. The summed E-state index contributed by atoms with van der Waals surface area (Å²) >= 11 is 0. The molecule has 0 amide bonds. The minimum Gasteiger partial charge on any atom is -0.310 e. The molecule has 0 fully saturated rings. The lowest BCUT2D eigenvalue weighted by Gasteiger charge is -2.19. The minimum absolute atomic E-state index is 0.0858. The molecule has 0 bridgehead atoms. The van der Waals surface area contributed by atoms with Crippen LogP contribution in [0.3, 0.4) is 0 Å². The molecule has 1 rings (SSSR count). The van der Waals surface area contributed by atoms with Crippen LogP contribution in [0.4, 0.5) is 8.78 Å². The normalized spacial score (nSPS) is 12.5. The molecule has 1 nitrogen and oxygen atoms in total. The Morgan fingerprint density at radius 2 is 2.06 bits per heavy atom. The van der Waals surface area contributed by atoms with Gasteiger partial charge in [-0.25, -0.2) is 8.78 Å². The lowest BCUT2D eigenvalue weighted by atomic mass is 9.99. The maximum Gasteiger partial charge on any atom is 0.130 e. The van der Waals surface area contributed by atoms with E-state index in [0.29, 0.717) is 11.1 Å². The Bertz CT molecular complexity index is 388. The summed E-state index contributed by atoms with van der Waals surface area (Å²) in [7, 11) is 0. The van der Waals surface area contributed by atoms with E-state index in [4.69, 9.17) is 0 Å². The summed E-state index contributed by atoms with van der Waals surface area (Å²) in [6.07, 6.45) is 3.37. The highest BCUT2D eigenvalue weighted by Gasteiger charge is 2.16. The Labute approximate surface area is 102 Å². The van der Waals surface area contributed by atoms with E-state index in [2.05, 4.69) is 11.9 Å². The van der Waals surface area contributed by atoms with Crippen LogP contribution >= 0.6 is 0 Å². The van der Waals surface area contributed by atoms with Crippen LogP contribution in [-0.2, 0) is 0 Å².